The zero-order valence-electron chi connectivity index (χ0n) is 7.87. The molecular weight excluding hydrogens is 178 g/mol. The van der Waals surface area contributed by atoms with Crippen molar-refractivity contribution in [2.75, 3.05) is 6.54 Å². The second-order valence-corrected chi connectivity index (χ2v) is 3.63. The van der Waals surface area contributed by atoms with Gasteiger partial charge in [-0.2, -0.15) is 0 Å². The van der Waals surface area contributed by atoms with Gasteiger partial charge in [-0.1, -0.05) is 0 Å². The molecule has 0 aliphatic carbocycles. The van der Waals surface area contributed by atoms with Crippen LogP contribution in [0.1, 0.15) is 20.8 Å². The van der Waals surface area contributed by atoms with Gasteiger partial charge in [-0.15, -0.1) is 0 Å². The van der Waals surface area contributed by atoms with Crippen molar-refractivity contribution in [2.24, 2.45) is 0 Å². The van der Waals surface area contributed by atoms with Crippen molar-refractivity contribution in [1.29, 1.82) is 0 Å². The van der Waals surface area contributed by atoms with Gasteiger partial charge in [-0.3, -0.25) is 0 Å². The van der Waals surface area contributed by atoms with Gasteiger partial charge in [0.2, 0.25) is 0 Å². The summed E-state index contributed by atoms with van der Waals surface area (Å²) in [4.78, 5) is 10.8. The number of carbonyl (C=O) groups excluding carboxylic acids is 1. The highest BCUT2D eigenvalue weighted by Crippen LogP contribution is 2.06. The lowest BCUT2D eigenvalue weighted by Crippen LogP contribution is -2.44. The Morgan fingerprint density at radius 1 is 1.31 bits per heavy atom. The lowest BCUT2D eigenvalue weighted by atomic mass is 10.2. The van der Waals surface area contributed by atoms with Crippen LogP contribution in [0.15, 0.2) is 0 Å². The van der Waals surface area contributed by atoms with Crippen LogP contribution in [0.5, 0.6) is 0 Å². The second-order valence-electron chi connectivity index (χ2n) is 3.63. The predicted octanol–water partition coefficient (Wildman–Crippen LogP) is -0.858. The molecule has 0 spiro atoms. The summed E-state index contributed by atoms with van der Waals surface area (Å²) in [6.45, 7) is 4.28. The van der Waals surface area contributed by atoms with Crippen molar-refractivity contribution in [3.8, 4) is 0 Å². The Hall–Kier alpha value is -0.850. The van der Waals surface area contributed by atoms with Crippen LogP contribution >= 0.6 is 0 Å². The van der Waals surface area contributed by atoms with Crippen LogP contribution in [0.25, 0.3) is 0 Å². The molecule has 0 bridgehead atoms. The van der Waals surface area contributed by atoms with Gasteiger partial charge in [-0.25, -0.2) is 4.79 Å². The fraction of sp³-hybridized carbons (Fsp3) is 0.857. The molecule has 0 aromatic carbocycles. The van der Waals surface area contributed by atoms with E-state index in [1.165, 1.54) is 0 Å². The molecule has 78 valence electrons. The Bertz CT molecular complexity index is 178. The number of hydrogen-bond acceptors (Lipinski definition) is 5. The molecule has 0 saturated carbocycles. The number of hydrogen-bond donors (Lipinski definition) is 4. The summed E-state index contributed by atoms with van der Waals surface area (Å²) in [6, 6.07) is 0. The van der Waals surface area contributed by atoms with Gasteiger partial charge in [0.15, 0.2) is 0 Å². The molecule has 0 atom stereocenters. The van der Waals surface area contributed by atoms with Gasteiger partial charge >= 0.3 is 6.09 Å². The molecule has 0 saturated heterocycles. The molecule has 0 heterocycles. The monoisotopic (exact) mass is 193 g/mol. The number of rotatable bonds is 2. The van der Waals surface area contributed by atoms with E-state index in [4.69, 9.17) is 20.1 Å². The summed E-state index contributed by atoms with van der Waals surface area (Å²) in [6.07, 6.45) is -0.825. The summed E-state index contributed by atoms with van der Waals surface area (Å²) in [5.41, 5.74) is -0.660. The first kappa shape index (κ1) is 12.2. The Balaban J connectivity index is 3.78. The zero-order valence-corrected chi connectivity index (χ0v) is 7.87. The first-order valence-electron chi connectivity index (χ1n) is 3.74. The van der Waals surface area contributed by atoms with Gasteiger partial charge in [0.05, 0.1) is 0 Å². The maximum Gasteiger partial charge on any atom is 0.407 e. The molecule has 6 nitrogen and oxygen atoms in total. The first-order chi connectivity index (χ1) is 5.60. The van der Waals surface area contributed by atoms with Gasteiger partial charge in [-0.05, 0) is 20.8 Å². The molecule has 0 rings (SSSR count). The van der Waals surface area contributed by atoms with Crippen molar-refractivity contribution >= 4 is 6.09 Å². The Morgan fingerprint density at radius 2 is 1.77 bits per heavy atom. The highest BCUT2D eigenvalue weighted by molar-refractivity contribution is 5.67. The highest BCUT2D eigenvalue weighted by atomic mass is 16.7. The van der Waals surface area contributed by atoms with Crippen LogP contribution in [0, 0.1) is 0 Å². The van der Waals surface area contributed by atoms with Crippen molar-refractivity contribution in [3.63, 3.8) is 0 Å². The van der Waals surface area contributed by atoms with E-state index in [0.29, 0.717) is 0 Å². The molecule has 0 aliphatic rings. The van der Waals surface area contributed by atoms with E-state index in [0.717, 1.165) is 0 Å². The first-order valence-corrected chi connectivity index (χ1v) is 3.74. The van der Waals surface area contributed by atoms with Crippen LogP contribution in [-0.4, -0.2) is 39.5 Å². The molecule has 0 fully saturated rings. The average Bonchev–Trinajstić information content (AvgIpc) is 1.78. The zero-order chi connectivity index (χ0) is 10.7. The van der Waals surface area contributed by atoms with E-state index >= 15 is 0 Å². The van der Waals surface area contributed by atoms with E-state index in [1.54, 1.807) is 20.8 Å². The standard InChI is InChI=1S/C7H15NO5/c1-6(2,3)13-5(9)8-4-7(10,11)12/h10-12H,4H2,1-3H3,(H,8,9). The maximum absolute atomic E-state index is 10.8. The minimum atomic E-state index is -2.91. The quantitative estimate of drug-likeness (QED) is 0.428. The third kappa shape index (κ3) is 9.06. The molecule has 6 heteroatoms. The molecule has 0 aromatic heterocycles. The maximum atomic E-state index is 10.8. The number of alkyl carbamates (subject to hydrolysis) is 1. The van der Waals surface area contributed by atoms with Crippen LogP contribution in [-0.2, 0) is 4.74 Å². The van der Waals surface area contributed by atoms with Crippen molar-refractivity contribution in [3.05, 3.63) is 0 Å². The largest absolute Gasteiger partial charge is 0.444 e. The molecule has 0 aromatic rings. The van der Waals surface area contributed by atoms with Gasteiger partial charge in [0.1, 0.15) is 12.1 Å². The molecule has 13 heavy (non-hydrogen) atoms. The number of aliphatic hydroxyl groups is 3. The lowest BCUT2D eigenvalue weighted by Gasteiger charge is -2.21. The van der Waals surface area contributed by atoms with Crippen LogP contribution < -0.4 is 5.32 Å². The Labute approximate surface area is 76.1 Å². The van der Waals surface area contributed by atoms with Gasteiger partial charge in [0, 0.05) is 0 Å². The molecule has 0 aliphatic heterocycles. The van der Waals surface area contributed by atoms with E-state index in [1.807, 2.05) is 5.32 Å². The molecule has 0 unspecified atom stereocenters. The van der Waals surface area contributed by atoms with Gasteiger partial charge < -0.3 is 25.4 Å². The van der Waals surface area contributed by atoms with Crippen molar-refractivity contribution < 1.29 is 24.9 Å². The topological polar surface area (TPSA) is 99.0 Å². The predicted molar refractivity (Wildman–Crippen MR) is 43.6 cm³/mol. The minimum Gasteiger partial charge on any atom is -0.444 e. The Kier molecular flexibility index (Phi) is 3.65. The lowest BCUT2D eigenvalue weighted by molar-refractivity contribution is -0.305. The highest BCUT2D eigenvalue weighted by Gasteiger charge is 2.22. The second kappa shape index (κ2) is 3.91. The number of carbonyl (C=O) groups is 1. The van der Waals surface area contributed by atoms with Crippen LogP contribution in [0.4, 0.5) is 4.79 Å². The number of nitrogens with one attached hydrogen (secondary N) is 1. The summed E-state index contributed by atoms with van der Waals surface area (Å²) >= 11 is 0. The van der Waals surface area contributed by atoms with E-state index in [2.05, 4.69) is 0 Å². The number of amides is 1. The van der Waals surface area contributed by atoms with Crippen LogP contribution in [0.2, 0.25) is 0 Å². The molecular formula is C7H15NO5. The summed E-state index contributed by atoms with van der Waals surface area (Å²) < 4.78 is 4.75. The summed E-state index contributed by atoms with van der Waals surface area (Å²) in [5.74, 6) is -2.91. The van der Waals surface area contributed by atoms with E-state index in [9.17, 15) is 4.79 Å². The van der Waals surface area contributed by atoms with Crippen molar-refractivity contribution in [1.82, 2.24) is 5.32 Å². The third-order valence-electron chi connectivity index (χ3n) is 0.869. The smallest absolute Gasteiger partial charge is 0.407 e. The normalized spacial score (nSPS) is 12.5. The Morgan fingerprint density at radius 3 is 2.08 bits per heavy atom. The van der Waals surface area contributed by atoms with Gasteiger partial charge in [0.25, 0.3) is 5.97 Å². The summed E-state index contributed by atoms with van der Waals surface area (Å²) in [7, 11) is 0. The van der Waals surface area contributed by atoms with Crippen LogP contribution in [0.3, 0.4) is 0 Å². The summed E-state index contributed by atoms with van der Waals surface area (Å²) in [5, 5.41) is 27.2. The average molecular weight is 193 g/mol. The number of ether oxygens (including phenoxy) is 1. The van der Waals surface area contributed by atoms with E-state index in [-0.39, 0.29) is 0 Å². The fourth-order valence-electron chi connectivity index (χ4n) is 0.505. The molecule has 1 amide bonds. The minimum absolute atomic E-state index is 0.660. The molecule has 4 N–H and O–H groups in total. The van der Waals surface area contributed by atoms with Crippen molar-refractivity contribution in [2.45, 2.75) is 32.3 Å². The van der Waals surface area contributed by atoms with E-state index < -0.39 is 24.2 Å². The SMILES string of the molecule is CC(C)(C)OC(=O)NCC(O)(O)O. The molecule has 0 radical (unpaired) electrons. The fourth-order valence-corrected chi connectivity index (χ4v) is 0.505. The third-order valence-corrected chi connectivity index (χ3v) is 0.869.